The first kappa shape index (κ1) is 17.9. The topological polar surface area (TPSA) is 54.9 Å². The Kier molecular flexibility index (Phi) is 4.90. The molecule has 0 aliphatic rings. The van der Waals surface area contributed by atoms with Gasteiger partial charge in [-0.1, -0.05) is 23.7 Å². The number of hydrogen-bond acceptors (Lipinski definition) is 3. The summed E-state index contributed by atoms with van der Waals surface area (Å²) in [6.45, 7) is 0. The Hall–Kier alpha value is -2.93. The van der Waals surface area contributed by atoms with Gasteiger partial charge in [-0.15, -0.1) is 0 Å². The Bertz CT molecular complexity index is 926. The molecule has 2 heterocycles. The van der Waals surface area contributed by atoms with Gasteiger partial charge in [0.15, 0.2) is 0 Å². The third-order valence-electron chi connectivity index (χ3n) is 3.52. The first-order chi connectivity index (χ1) is 12.3. The van der Waals surface area contributed by atoms with Gasteiger partial charge in [-0.2, -0.15) is 13.2 Å². The van der Waals surface area contributed by atoms with Crippen LogP contribution in [0.5, 0.6) is 0 Å². The van der Waals surface area contributed by atoms with Crippen molar-refractivity contribution in [1.82, 2.24) is 9.97 Å². The van der Waals surface area contributed by atoms with Gasteiger partial charge in [0.05, 0.1) is 23.1 Å². The van der Waals surface area contributed by atoms with Crippen molar-refractivity contribution in [2.24, 2.45) is 0 Å². The van der Waals surface area contributed by atoms with Crippen LogP contribution in [0.25, 0.3) is 11.3 Å². The maximum absolute atomic E-state index is 13.1. The van der Waals surface area contributed by atoms with Gasteiger partial charge in [0.2, 0.25) is 0 Å². The molecular weight excluding hydrogens is 367 g/mol. The van der Waals surface area contributed by atoms with Crippen LogP contribution in [0.2, 0.25) is 5.15 Å². The number of amides is 1. The summed E-state index contributed by atoms with van der Waals surface area (Å²) in [5.74, 6) is -0.419. The molecule has 0 aliphatic carbocycles. The van der Waals surface area contributed by atoms with Crippen LogP contribution in [-0.2, 0) is 6.18 Å². The second kappa shape index (κ2) is 7.13. The highest BCUT2D eigenvalue weighted by Crippen LogP contribution is 2.35. The van der Waals surface area contributed by atoms with E-state index in [0.717, 1.165) is 6.07 Å². The highest BCUT2D eigenvalue weighted by molar-refractivity contribution is 6.29. The number of alkyl halides is 3. The van der Waals surface area contributed by atoms with Crippen LogP contribution in [0.3, 0.4) is 0 Å². The van der Waals surface area contributed by atoms with Crippen molar-refractivity contribution < 1.29 is 18.0 Å². The summed E-state index contributed by atoms with van der Waals surface area (Å²) in [4.78, 5) is 19.9. The Morgan fingerprint density at radius 2 is 1.73 bits per heavy atom. The molecule has 0 spiro atoms. The quantitative estimate of drug-likeness (QED) is 0.648. The molecule has 1 aromatic carbocycles. The molecule has 0 fully saturated rings. The Morgan fingerprint density at radius 1 is 1.00 bits per heavy atom. The lowest BCUT2D eigenvalue weighted by atomic mass is 10.0. The summed E-state index contributed by atoms with van der Waals surface area (Å²) in [6, 6.07) is 11.0. The fraction of sp³-hybridized carbons (Fsp3) is 0.0556. The summed E-state index contributed by atoms with van der Waals surface area (Å²) in [7, 11) is 0. The predicted molar refractivity (Wildman–Crippen MR) is 91.9 cm³/mol. The van der Waals surface area contributed by atoms with E-state index in [9.17, 15) is 18.0 Å². The second-order valence-electron chi connectivity index (χ2n) is 5.30. The van der Waals surface area contributed by atoms with E-state index in [1.165, 1.54) is 48.8 Å². The molecule has 1 N–H and O–H groups in total. The number of nitrogens with one attached hydrogen (secondary N) is 1. The van der Waals surface area contributed by atoms with Gasteiger partial charge < -0.3 is 5.32 Å². The van der Waals surface area contributed by atoms with Crippen molar-refractivity contribution >= 4 is 23.2 Å². The van der Waals surface area contributed by atoms with Crippen LogP contribution < -0.4 is 5.32 Å². The molecule has 0 atom stereocenters. The number of pyridine rings is 2. The normalized spacial score (nSPS) is 11.2. The van der Waals surface area contributed by atoms with Crippen LogP contribution in [0, 0.1) is 0 Å². The number of rotatable bonds is 3. The number of anilines is 1. The minimum atomic E-state index is -4.51. The van der Waals surface area contributed by atoms with Gasteiger partial charge >= 0.3 is 6.18 Å². The van der Waals surface area contributed by atoms with Crippen LogP contribution in [-0.4, -0.2) is 15.9 Å². The van der Waals surface area contributed by atoms with Gasteiger partial charge in [0, 0.05) is 17.3 Å². The zero-order valence-electron chi connectivity index (χ0n) is 13.1. The van der Waals surface area contributed by atoms with Crippen LogP contribution >= 0.6 is 11.6 Å². The zero-order valence-corrected chi connectivity index (χ0v) is 13.8. The molecule has 26 heavy (non-hydrogen) atoms. The molecule has 0 radical (unpaired) electrons. The zero-order chi connectivity index (χ0) is 18.7. The summed E-state index contributed by atoms with van der Waals surface area (Å²) in [5.41, 5.74) is -0.0123. The van der Waals surface area contributed by atoms with Crippen molar-refractivity contribution in [2.75, 3.05) is 5.32 Å². The van der Waals surface area contributed by atoms with Crippen molar-refractivity contribution in [2.45, 2.75) is 6.18 Å². The lowest BCUT2D eigenvalue weighted by molar-refractivity contribution is -0.137. The molecule has 0 unspecified atom stereocenters. The molecular formula is C18H11ClF3N3O. The van der Waals surface area contributed by atoms with Crippen LogP contribution in [0.4, 0.5) is 18.9 Å². The van der Waals surface area contributed by atoms with E-state index >= 15 is 0 Å². The summed E-state index contributed by atoms with van der Waals surface area (Å²) >= 11 is 5.68. The molecule has 8 heteroatoms. The third kappa shape index (κ3) is 4.00. The number of carbonyl (C=O) groups is 1. The standard InChI is InChI=1S/C18H11ClF3N3O/c19-15-8-7-13(10-24-15)25-17(26)12-5-3-11(4-6-12)16-14(18(20,21)22)2-1-9-23-16/h1-10H,(H,25,26). The minimum Gasteiger partial charge on any atom is -0.321 e. The Morgan fingerprint density at radius 3 is 2.35 bits per heavy atom. The van der Waals surface area contributed by atoms with Crippen molar-refractivity contribution in [1.29, 1.82) is 0 Å². The fourth-order valence-corrected chi connectivity index (χ4v) is 2.41. The average Bonchev–Trinajstić information content (AvgIpc) is 2.63. The fourth-order valence-electron chi connectivity index (χ4n) is 2.30. The summed E-state index contributed by atoms with van der Waals surface area (Å²) in [6.07, 6.45) is -1.82. The number of aromatic nitrogens is 2. The van der Waals surface area contributed by atoms with Crippen molar-refractivity contribution in [3.8, 4) is 11.3 Å². The van der Waals surface area contributed by atoms with Gasteiger partial charge in [0.1, 0.15) is 5.15 Å². The summed E-state index contributed by atoms with van der Waals surface area (Å²) in [5, 5.41) is 2.92. The molecule has 3 aromatic rings. The lowest BCUT2D eigenvalue weighted by Crippen LogP contribution is -2.12. The van der Waals surface area contributed by atoms with Crippen molar-refractivity contribution in [3.63, 3.8) is 0 Å². The van der Waals surface area contributed by atoms with Gasteiger partial charge in [-0.25, -0.2) is 4.98 Å². The average molecular weight is 378 g/mol. The van der Waals surface area contributed by atoms with Gasteiger partial charge in [0.25, 0.3) is 5.91 Å². The van der Waals surface area contributed by atoms with E-state index in [4.69, 9.17) is 11.6 Å². The van der Waals surface area contributed by atoms with Crippen molar-refractivity contribution in [3.05, 3.63) is 77.2 Å². The Balaban J connectivity index is 1.83. The van der Waals surface area contributed by atoms with Gasteiger partial charge in [-0.3, -0.25) is 9.78 Å². The number of benzene rings is 1. The van der Waals surface area contributed by atoms with Crippen LogP contribution in [0.1, 0.15) is 15.9 Å². The largest absolute Gasteiger partial charge is 0.418 e. The monoisotopic (exact) mass is 377 g/mol. The maximum atomic E-state index is 13.1. The molecule has 2 aromatic heterocycles. The molecule has 0 saturated heterocycles. The highest BCUT2D eigenvalue weighted by atomic mass is 35.5. The maximum Gasteiger partial charge on any atom is 0.418 e. The van der Waals surface area contributed by atoms with E-state index < -0.39 is 17.6 Å². The van der Waals surface area contributed by atoms with Gasteiger partial charge in [-0.05, 0) is 36.4 Å². The van der Waals surface area contributed by atoms with E-state index in [2.05, 4.69) is 15.3 Å². The smallest absolute Gasteiger partial charge is 0.321 e. The third-order valence-corrected chi connectivity index (χ3v) is 3.74. The molecule has 1 amide bonds. The Labute approximate surface area is 151 Å². The number of halogens is 4. The first-order valence-electron chi connectivity index (χ1n) is 7.40. The second-order valence-corrected chi connectivity index (χ2v) is 5.69. The minimum absolute atomic E-state index is 0.186. The molecule has 3 rings (SSSR count). The number of hydrogen-bond donors (Lipinski definition) is 1. The summed E-state index contributed by atoms with van der Waals surface area (Å²) < 4.78 is 39.3. The number of nitrogens with zero attached hydrogens (tertiary/aromatic N) is 2. The SMILES string of the molecule is O=C(Nc1ccc(Cl)nc1)c1ccc(-c2ncccc2C(F)(F)F)cc1. The van der Waals surface area contributed by atoms with E-state index in [1.54, 1.807) is 6.07 Å². The highest BCUT2D eigenvalue weighted by Gasteiger charge is 2.34. The lowest BCUT2D eigenvalue weighted by Gasteiger charge is -2.12. The predicted octanol–water partition coefficient (Wildman–Crippen LogP) is 5.07. The first-order valence-corrected chi connectivity index (χ1v) is 7.78. The van der Waals surface area contributed by atoms with E-state index in [-0.39, 0.29) is 16.8 Å². The molecule has 132 valence electrons. The van der Waals surface area contributed by atoms with E-state index in [0.29, 0.717) is 10.8 Å². The van der Waals surface area contributed by atoms with Crippen LogP contribution in [0.15, 0.2) is 60.9 Å². The molecule has 0 aliphatic heterocycles. The number of carbonyl (C=O) groups excluding carboxylic acids is 1. The molecule has 4 nitrogen and oxygen atoms in total. The molecule has 0 saturated carbocycles. The molecule has 0 bridgehead atoms. The van der Waals surface area contributed by atoms with E-state index in [1.807, 2.05) is 0 Å².